The molecular weight excluding hydrogens is 254 g/mol. The standard InChI is InChI=1S/C16H23NO3/c1-3-16(15(18)19-2,14-7-5-4-6-8-14)13-17-9-11-20-12-10-17/h4-8H,3,9-13H2,1-2H3/t16-/m0/s1. The molecule has 1 saturated heterocycles. The Balaban J connectivity index is 2.29. The van der Waals surface area contributed by atoms with Gasteiger partial charge in [0.05, 0.1) is 20.3 Å². The summed E-state index contributed by atoms with van der Waals surface area (Å²) in [6.07, 6.45) is 0.723. The molecule has 1 heterocycles. The summed E-state index contributed by atoms with van der Waals surface area (Å²) >= 11 is 0. The molecule has 0 aromatic heterocycles. The number of carbonyl (C=O) groups is 1. The van der Waals surface area contributed by atoms with Crippen LogP contribution < -0.4 is 0 Å². The van der Waals surface area contributed by atoms with Crippen LogP contribution in [0.1, 0.15) is 18.9 Å². The van der Waals surface area contributed by atoms with Gasteiger partial charge in [-0.15, -0.1) is 0 Å². The van der Waals surface area contributed by atoms with Gasteiger partial charge in [0.2, 0.25) is 0 Å². The Kier molecular flexibility index (Phi) is 5.15. The first kappa shape index (κ1) is 15.0. The minimum atomic E-state index is -0.590. The van der Waals surface area contributed by atoms with Crippen LogP contribution in [0.25, 0.3) is 0 Å². The number of methoxy groups -OCH3 is 1. The molecule has 1 aliphatic heterocycles. The molecule has 0 aliphatic carbocycles. The van der Waals surface area contributed by atoms with Gasteiger partial charge in [0.15, 0.2) is 0 Å². The van der Waals surface area contributed by atoms with E-state index < -0.39 is 5.41 Å². The highest BCUT2D eigenvalue weighted by Crippen LogP contribution is 2.31. The Morgan fingerprint density at radius 1 is 1.30 bits per heavy atom. The number of esters is 1. The number of benzene rings is 1. The molecule has 1 aromatic rings. The van der Waals surface area contributed by atoms with Gasteiger partial charge in [0.25, 0.3) is 0 Å². The molecule has 0 unspecified atom stereocenters. The first-order valence-corrected chi connectivity index (χ1v) is 7.17. The highest BCUT2D eigenvalue weighted by atomic mass is 16.5. The van der Waals surface area contributed by atoms with Crippen molar-refractivity contribution in [3.8, 4) is 0 Å². The molecule has 1 aromatic carbocycles. The molecule has 1 aliphatic rings. The predicted molar refractivity (Wildman–Crippen MR) is 77.7 cm³/mol. The molecule has 2 rings (SSSR count). The second-order valence-electron chi connectivity index (χ2n) is 5.18. The fraction of sp³-hybridized carbons (Fsp3) is 0.562. The summed E-state index contributed by atoms with van der Waals surface area (Å²) in [4.78, 5) is 14.7. The number of ether oxygens (including phenoxy) is 2. The van der Waals surface area contributed by atoms with Crippen LogP contribution in [0.2, 0.25) is 0 Å². The minimum absolute atomic E-state index is 0.155. The van der Waals surface area contributed by atoms with Gasteiger partial charge in [-0.05, 0) is 12.0 Å². The SMILES string of the molecule is CC[C@@](CN1CCOCC1)(C(=O)OC)c1ccccc1. The summed E-state index contributed by atoms with van der Waals surface area (Å²) in [5, 5.41) is 0. The average molecular weight is 277 g/mol. The summed E-state index contributed by atoms with van der Waals surface area (Å²) in [5.41, 5.74) is 0.439. The lowest BCUT2D eigenvalue weighted by Gasteiger charge is -2.37. The molecule has 0 spiro atoms. The molecule has 110 valence electrons. The van der Waals surface area contributed by atoms with Crippen molar-refractivity contribution >= 4 is 5.97 Å². The van der Waals surface area contributed by atoms with Crippen molar-refractivity contribution in [3.63, 3.8) is 0 Å². The highest BCUT2D eigenvalue weighted by molar-refractivity contribution is 5.83. The topological polar surface area (TPSA) is 38.8 Å². The lowest BCUT2D eigenvalue weighted by molar-refractivity contribution is -0.149. The first-order valence-electron chi connectivity index (χ1n) is 7.17. The van der Waals surface area contributed by atoms with Gasteiger partial charge >= 0.3 is 5.97 Å². The van der Waals surface area contributed by atoms with Crippen molar-refractivity contribution in [2.75, 3.05) is 40.0 Å². The summed E-state index contributed by atoms with van der Waals surface area (Å²) in [5.74, 6) is -0.155. The summed E-state index contributed by atoms with van der Waals surface area (Å²) < 4.78 is 10.5. The van der Waals surface area contributed by atoms with Gasteiger partial charge in [-0.1, -0.05) is 37.3 Å². The third-order valence-corrected chi connectivity index (χ3v) is 4.10. The fourth-order valence-corrected chi connectivity index (χ4v) is 2.83. The van der Waals surface area contributed by atoms with E-state index in [1.807, 2.05) is 37.3 Å². The fourth-order valence-electron chi connectivity index (χ4n) is 2.83. The van der Waals surface area contributed by atoms with Crippen LogP contribution >= 0.6 is 0 Å². The van der Waals surface area contributed by atoms with Gasteiger partial charge < -0.3 is 9.47 Å². The number of nitrogens with zero attached hydrogens (tertiary/aromatic N) is 1. The second-order valence-corrected chi connectivity index (χ2v) is 5.18. The van der Waals surface area contributed by atoms with E-state index in [2.05, 4.69) is 4.90 Å². The second kappa shape index (κ2) is 6.86. The molecule has 4 nitrogen and oxygen atoms in total. The van der Waals surface area contributed by atoms with Gasteiger partial charge in [-0.3, -0.25) is 9.69 Å². The van der Waals surface area contributed by atoms with Crippen molar-refractivity contribution in [2.24, 2.45) is 0 Å². The van der Waals surface area contributed by atoms with Crippen LogP contribution in [-0.2, 0) is 19.7 Å². The molecule has 0 radical (unpaired) electrons. The molecular formula is C16H23NO3. The smallest absolute Gasteiger partial charge is 0.317 e. The Labute approximate surface area is 120 Å². The number of carbonyl (C=O) groups excluding carboxylic acids is 1. The monoisotopic (exact) mass is 277 g/mol. The van der Waals surface area contributed by atoms with Crippen LogP contribution in [0.15, 0.2) is 30.3 Å². The maximum atomic E-state index is 12.5. The largest absolute Gasteiger partial charge is 0.468 e. The van der Waals surface area contributed by atoms with Crippen molar-refractivity contribution in [1.29, 1.82) is 0 Å². The number of morpholine rings is 1. The third kappa shape index (κ3) is 3.02. The summed E-state index contributed by atoms with van der Waals surface area (Å²) in [7, 11) is 1.47. The van der Waals surface area contributed by atoms with E-state index in [1.165, 1.54) is 7.11 Å². The zero-order chi connectivity index (χ0) is 14.4. The summed E-state index contributed by atoms with van der Waals surface area (Å²) in [6, 6.07) is 9.95. The Bertz CT molecular complexity index is 429. The van der Waals surface area contributed by atoms with Gasteiger partial charge in [-0.25, -0.2) is 0 Å². The van der Waals surface area contributed by atoms with Crippen molar-refractivity contribution in [3.05, 3.63) is 35.9 Å². The van der Waals surface area contributed by atoms with Crippen LogP contribution in [0.5, 0.6) is 0 Å². The van der Waals surface area contributed by atoms with Crippen LogP contribution in [0.3, 0.4) is 0 Å². The lowest BCUT2D eigenvalue weighted by atomic mass is 9.77. The third-order valence-electron chi connectivity index (χ3n) is 4.10. The van der Waals surface area contributed by atoms with Crippen molar-refractivity contribution < 1.29 is 14.3 Å². The maximum Gasteiger partial charge on any atom is 0.317 e. The van der Waals surface area contributed by atoms with Gasteiger partial charge in [0.1, 0.15) is 5.41 Å². The Hall–Kier alpha value is -1.39. The molecule has 4 heteroatoms. The first-order chi connectivity index (χ1) is 9.73. The average Bonchev–Trinajstić information content (AvgIpc) is 2.53. The molecule has 0 amide bonds. The molecule has 0 saturated carbocycles. The summed E-state index contributed by atoms with van der Waals surface area (Å²) in [6.45, 7) is 5.93. The molecule has 0 N–H and O–H groups in total. The van der Waals surface area contributed by atoms with Crippen LogP contribution in [-0.4, -0.2) is 50.8 Å². The lowest BCUT2D eigenvalue weighted by Crippen LogP contribution is -2.50. The molecule has 1 atom stereocenters. The zero-order valence-electron chi connectivity index (χ0n) is 12.3. The van der Waals surface area contributed by atoms with E-state index in [9.17, 15) is 4.79 Å². The van der Waals surface area contributed by atoms with Gasteiger partial charge in [-0.2, -0.15) is 0 Å². The van der Waals surface area contributed by atoms with E-state index in [0.29, 0.717) is 6.54 Å². The van der Waals surface area contributed by atoms with E-state index in [1.54, 1.807) is 0 Å². The van der Waals surface area contributed by atoms with Crippen molar-refractivity contribution in [1.82, 2.24) is 4.90 Å². The van der Waals surface area contributed by atoms with E-state index >= 15 is 0 Å². The Morgan fingerprint density at radius 2 is 1.95 bits per heavy atom. The molecule has 0 bridgehead atoms. The zero-order valence-corrected chi connectivity index (χ0v) is 12.3. The van der Waals surface area contributed by atoms with E-state index in [4.69, 9.17) is 9.47 Å². The molecule has 20 heavy (non-hydrogen) atoms. The number of hydrogen-bond acceptors (Lipinski definition) is 4. The molecule has 1 fully saturated rings. The van der Waals surface area contributed by atoms with Gasteiger partial charge in [0, 0.05) is 19.6 Å². The van der Waals surface area contributed by atoms with Crippen LogP contribution in [0, 0.1) is 0 Å². The van der Waals surface area contributed by atoms with Crippen LogP contribution in [0.4, 0.5) is 0 Å². The van der Waals surface area contributed by atoms with E-state index in [0.717, 1.165) is 38.3 Å². The number of hydrogen-bond donors (Lipinski definition) is 0. The highest BCUT2D eigenvalue weighted by Gasteiger charge is 2.41. The van der Waals surface area contributed by atoms with Crippen molar-refractivity contribution in [2.45, 2.75) is 18.8 Å². The normalized spacial score (nSPS) is 19.3. The van der Waals surface area contributed by atoms with E-state index in [-0.39, 0.29) is 5.97 Å². The Morgan fingerprint density at radius 3 is 2.50 bits per heavy atom. The predicted octanol–water partition coefficient (Wildman–Crippen LogP) is 1.84. The quantitative estimate of drug-likeness (QED) is 0.770. The minimum Gasteiger partial charge on any atom is -0.468 e. The maximum absolute atomic E-state index is 12.5. The number of rotatable bonds is 5.